The second-order valence-electron chi connectivity index (χ2n) is 6.43. The Bertz CT molecular complexity index is 776. The highest BCUT2D eigenvalue weighted by molar-refractivity contribution is 8.00. The Balaban J connectivity index is 1.39. The van der Waals surface area contributed by atoms with Crippen LogP contribution in [0.5, 0.6) is 0 Å². The van der Waals surface area contributed by atoms with E-state index in [1.807, 2.05) is 37.3 Å². The van der Waals surface area contributed by atoms with Gasteiger partial charge in [0.1, 0.15) is 0 Å². The van der Waals surface area contributed by atoms with Crippen molar-refractivity contribution in [3.63, 3.8) is 0 Å². The fourth-order valence-electron chi connectivity index (χ4n) is 3.08. The number of rotatable bonds is 7. The van der Waals surface area contributed by atoms with Crippen LogP contribution in [0.15, 0.2) is 53.4 Å². The standard InChI is InChI=1S/C21H23NO3S/c1-15(16-6-3-2-4-7-16)22-20(23)13-25-21(24)14-26-19-11-10-17-8-5-9-18(17)12-19/h2-4,6-7,10-12,15H,5,8-9,13-14H2,1H3,(H,22,23)/t15-/m0/s1. The molecule has 0 saturated carbocycles. The minimum absolute atomic E-state index is 0.122. The van der Waals surface area contributed by atoms with Gasteiger partial charge in [0.05, 0.1) is 11.8 Å². The van der Waals surface area contributed by atoms with Gasteiger partial charge in [0.25, 0.3) is 5.91 Å². The molecule has 0 unspecified atom stereocenters. The quantitative estimate of drug-likeness (QED) is 0.597. The molecule has 0 bridgehead atoms. The molecule has 2 aromatic carbocycles. The summed E-state index contributed by atoms with van der Waals surface area (Å²) in [5.74, 6) is -0.462. The summed E-state index contributed by atoms with van der Waals surface area (Å²) in [6.07, 6.45) is 3.48. The molecule has 4 nitrogen and oxygen atoms in total. The summed E-state index contributed by atoms with van der Waals surface area (Å²) in [7, 11) is 0. The van der Waals surface area contributed by atoms with Crippen LogP contribution >= 0.6 is 11.8 Å². The van der Waals surface area contributed by atoms with Crippen LogP contribution in [0.1, 0.15) is 36.1 Å². The lowest BCUT2D eigenvalue weighted by Crippen LogP contribution is -2.31. The second kappa shape index (κ2) is 8.90. The van der Waals surface area contributed by atoms with Crippen molar-refractivity contribution in [2.45, 2.75) is 37.1 Å². The van der Waals surface area contributed by atoms with Gasteiger partial charge in [-0.2, -0.15) is 0 Å². The number of nitrogens with one attached hydrogen (secondary N) is 1. The van der Waals surface area contributed by atoms with E-state index in [0.717, 1.165) is 23.3 Å². The smallest absolute Gasteiger partial charge is 0.316 e. The van der Waals surface area contributed by atoms with E-state index in [-0.39, 0.29) is 30.3 Å². The SMILES string of the molecule is C[C@H](NC(=O)COC(=O)CSc1ccc2c(c1)CCC2)c1ccccc1. The van der Waals surface area contributed by atoms with Crippen molar-refractivity contribution in [1.29, 1.82) is 0 Å². The molecule has 0 heterocycles. The summed E-state index contributed by atoms with van der Waals surface area (Å²) in [4.78, 5) is 24.9. The van der Waals surface area contributed by atoms with Crippen molar-refractivity contribution in [3.05, 3.63) is 65.2 Å². The first-order valence-corrected chi connectivity index (χ1v) is 9.85. The van der Waals surface area contributed by atoms with Crippen LogP contribution < -0.4 is 5.32 Å². The largest absolute Gasteiger partial charge is 0.455 e. The molecule has 0 fully saturated rings. The third-order valence-corrected chi connectivity index (χ3v) is 5.44. The van der Waals surface area contributed by atoms with Crippen molar-refractivity contribution < 1.29 is 14.3 Å². The average Bonchev–Trinajstić information content (AvgIpc) is 3.13. The fraction of sp³-hybridized carbons (Fsp3) is 0.333. The van der Waals surface area contributed by atoms with Crippen molar-refractivity contribution in [2.75, 3.05) is 12.4 Å². The van der Waals surface area contributed by atoms with Gasteiger partial charge in [0.15, 0.2) is 6.61 Å². The van der Waals surface area contributed by atoms with Crippen LogP contribution in [-0.4, -0.2) is 24.2 Å². The Kier molecular flexibility index (Phi) is 6.34. The Morgan fingerprint density at radius 2 is 1.88 bits per heavy atom. The zero-order valence-electron chi connectivity index (χ0n) is 14.9. The molecule has 0 aliphatic heterocycles. The normalized spacial score (nSPS) is 13.7. The van der Waals surface area contributed by atoms with E-state index in [1.54, 1.807) is 0 Å². The first kappa shape index (κ1) is 18.5. The molecule has 1 amide bonds. The van der Waals surface area contributed by atoms with E-state index in [1.165, 1.54) is 29.3 Å². The number of benzene rings is 2. The van der Waals surface area contributed by atoms with Gasteiger partial charge in [-0.15, -0.1) is 11.8 Å². The van der Waals surface area contributed by atoms with E-state index < -0.39 is 0 Å². The molecule has 26 heavy (non-hydrogen) atoms. The van der Waals surface area contributed by atoms with Gasteiger partial charge < -0.3 is 10.1 Å². The maximum Gasteiger partial charge on any atom is 0.316 e. The van der Waals surface area contributed by atoms with E-state index >= 15 is 0 Å². The topological polar surface area (TPSA) is 55.4 Å². The molecule has 1 aliphatic rings. The summed E-state index contributed by atoms with van der Waals surface area (Å²) in [6, 6.07) is 15.9. The molecule has 0 aromatic heterocycles. The van der Waals surface area contributed by atoms with Crippen molar-refractivity contribution in [2.24, 2.45) is 0 Å². The van der Waals surface area contributed by atoms with Gasteiger partial charge in [-0.1, -0.05) is 36.4 Å². The van der Waals surface area contributed by atoms with E-state index in [4.69, 9.17) is 4.74 Å². The summed E-state index contributed by atoms with van der Waals surface area (Å²) >= 11 is 1.45. The molecule has 0 spiro atoms. The van der Waals surface area contributed by atoms with Crippen molar-refractivity contribution in [3.8, 4) is 0 Å². The van der Waals surface area contributed by atoms with Crippen LogP contribution in [0.4, 0.5) is 0 Å². The summed E-state index contributed by atoms with van der Waals surface area (Å²) in [6.45, 7) is 1.65. The van der Waals surface area contributed by atoms with E-state index in [0.29, 0.717) is 0 Å². The Morgan fingerprint density at radius 3 is 2.69 bits per heavy atom. The molecule has 1 aliphatic carbocycles. The predicted molar refractivity (Wildman–Crippen MR) is 103 cm³/mol. The number of amides is 1. The Labute approximate surface area is 158 Å². The molecule has 1 atom stereocenters. The van der Waals surface area contributed by atoms with Crippen LogP contribution in [0.3, 0.4) is 0 Å². The number of carbonyl (C=O) groups excluding carboxylic acids is 2. The minimum atomic E-state index is -0.377. The number of thioether (sulfide) groups is 1. The first-order valence-electron chi connectivity index (χ1n) is 8.86. The third kappa shape index (κ3) is 5.11. The highest BCUT2D eigenvalue weighted by Crippen LogP contribution is 2.27. The van der Waals surface area contributed by atoms with Crippen molar-refractivity contribution in [1.82, 2.24) is 5.32 Å². The lowest BCUT2D eigenvalue weighted by molar-refractivity contribution is -0.146. The number of ether oxygens (including phenoxy) is 1. The molecule has 3 rings (SSSR count). The Hall–Kier alpha value is -2.27. The highest BCUT2D eigenvalue weighted by Gasteiger charge is 2.14. The minimum Gasteiger partial charge on any atom is -0.455 e. The van der Waals surface area contributed by atoms with Gasteiger partial charge >= 0.3 is 5.97 Å². The Morgan fingerprint density at radius 1 is 1.12 bits per heavy atom. The number of hydrogen-bond donors (Lipinski definition) is 1. The van der Waals surface area contributed by atoms with Gasteiger partial charge in [0, 0.05) is 4.90 Å². The molecule has 1 N–H and O–H groups in total. The number of hydrogen-bond acceptors (Lipinski definition) is 4. The van der Waals surface area contributed by atoms with Crippen LogP contribution in [-0.2, 0) is 27.2 Å². The van der Waals surface area contributed by atoms with Crippen LogP contribution in [0, 0.1) is 0 Å². The summed E-state index contributed by atoms with van der Waals surface area (Å²) < 4.78 is 5.08. The van der Waals surface area contributed by atoms with Crippen LogP contribution in [0.25, 0.3) is 0 Å². The average molecular weight is 369 g/mol. The number of esters is 1. The summed E-state index contributed by atoms with van der Waals surface area (Å²) in [5, 5.41) is 2.83. The van der Waals surface area contributed by atoms with Gasteiger partial charge in [-0.05, 0) is 55.0 Å². The molecule has 136 valence electrons. The zero-order chi connectivity index (χ0) is 18.4. The molecule has 0 radical (unpaired) electrons. The predicted octanol–water partition coefficient (Wildman–Crippen LogP) is 3.69. The number of fused-ring (bicyclic) bond motifs is 1. The molecule has 0 saturated heterocycles. The lowest BCUT2D eigenvalue weighted by Gasteiger charge is -2.14. The maximum atomic E-state index is 11.9. The summed E-state index contributed by atoms with van der Waals surface area (Å²) in [5.41, 5.74) is 3.82. The molecular weight excluding hydrogens is 346 g/mol. The molecule has 5 heteroatoms. The maximum absolute atomic E-state index is 11.9. The number of carbonyl (C=O) groups is 2. The fourth-order valence-corrected chi connectivity index (χ4v) is 3.83. The monoisotopic (exact) mass is 369 g/mol. The van der Waals surface area contributed by atoms with Gasteiger partial charge in [-0.3, -0.25) is 9.59 Å². The molecule has 2 aromatic rings. The highest BCUT2D eigenvalue weighted by atomic mass is 32.2. The lowest BCUT2D eigenvalue weighted by atomic mass is 10.1. The van der Waals surface area contributed by atoms with E-state index in [9.17, 15) is 9.59 Å². The van der Waals surface area contributed by atoms with Gasteiger partial charge in [-0.25, -0.2) is 0 Å². The van der Waals surface area contributed by atoms with Crippen LogP contribution in [0.2, 0.25) is 0 Å². The molecular formula is C21H23NO3S. The first-order chi connectivity index (χ1) is 12.6. The third-order valence-electron chi connectivity index (χ3n) is 4.47. The van der Waals surface area contributed by atoms with E-state index in [2.05, 4.69) is 23.5 Å². The van der Waals surface area contributed by atoms with Crippen molar-refractivity contribution >= 4 is 23.6 Å². The second-order valence-corrected chi connectivity index (χ2v) is 7.48. The number of aryl methyl sites for hydroxylation is 2. The van der Waals surface area contributed by atoms with Gasteiger partial charge in [0.2, 0.25) is 0 Å². The zero-order valence-corrected chi connectivity index (χ0v) is 15.7.